The number of hydrogen-bond acceptors (Lipinski definition) is 3. The van der Waals surface area contributed by atoms with Crippen LogP contribution in [0.1, 0.15) is 16.7 Å². The molecule has 0 bridgehead atoms. The molecule has 1 aliphatic heterocycles. The van der Waals surface area contributed by atoms with Gasteiger partial charge in [0.2, 0.25) is 0 Å². The zero-order valence-electron chi connectivity index (χ0n) is 11.1. The number of carbonyl (C=O) groups is 1. The summed E-state index contributed by atoms with van der Waals surface area (Å²) >= 11 is 1.54. The lowest BCUT2D eigenvalue weighted by atomic mass is 10.0. The molecule has 1 N–H and O–H groups in total. The van der Waals surface area contributed by atoms with E-state index in [4.69, 9.17) is 5.11 Å². The van der Waals surface area contributed by atoms with Crippen LogP contribution < -0.4 is 4.90 Å². The predicted molar refractivity (Wildman–Crippen MR) is 76.7 cm³/mol. The van der Waals surface area contributed by atoms with Crippen LogP contribution in [-0.4, -0.2) is 35.2 Å². The average Bonchev–Trinajstić information content (AvgIpc) is 2.28. The average molecular weight is 265 g/mol. The van der Waals surface area contributed by atoms with Gasteiger partial charge in [-0.05, 0) is 31.9 Å². The first-order valence-electron chi connectivity index (χ1n) is 6.16. The van der Waals surface area contributed by atoms with Crippen LogP contribution in [0.5, 0.6) is 0 Å². The Kier molecular flexibility index (Phi) is 3.85. The van der Waals surface area contributed by atoms with Crippen LogP contribution in [0.3, 0.4) is 0 Å². The quantitative estimate of drug-likeness (QED) is 0.892. The third-order valence-electron chi connectivity index (χ3n) is 3.29. The molecule has 2 rings (SSSR count). The van der Waals surface area contributed by atoms with Crippen molar-refractivity contribution in [3.05, 3.63) is 28.8 Å². The minimum atomic E-state index is -0.702. The second kappa shape index (κ2) is 5.22. The third-order valence-corrected chi connectivity index (χ3v) is 4.46. The van der Waals surface area contributed by atoms with Crippen molar-refractivity contribution in [3.8, 4) is 0 Å². The van der Waals surface area contributed by atoms with E-state index < -0.39 is 5.97 Å². The molecule has 0 amide bonds. The summed E-state index contributed by atoms with van der Waals surface area (Å²) < 4.78 is 0. The SMILES string of the molecule is Cc1cc(C)c(N2CCSC(C(=O)O)C2)c(C)c1. The van der Waals surface area contributed by atoms with Gasteiger partial charge in [0, 0.05) is 24.5 Å². The fourth-order valence-electron chi connectivity index (χ4n) is 2.67. The summed E-state index contributed by atoms with van der Waals surface area (Å²) in [7, 11) is 0. The maximum Gasteiger partial charge on any atom is 0.318 e. The largest absolute Gasteiger partial charge is 0.480 e. The van der Waals surface area contributed by atoms with Gasteiger partial charge in [-0.25, -0.2) is 0 Å². The first-order chi connectivity index (χ1) is 8.49. The summed E-state index contributed by atoms with van der Waals surface area (Å²) in [6, 6.07) is 4.33. The summed E-state index contributed by atoms with van der Waals surface area (Å²) in [5.74, 6) is 0.177. The topological polar surface area (TPSA) is 40.5 Å². The molecular formula is C14H19NO2S. The molecule has 1 fully saturated rings. The predicted octanol–water partition coefficient (Wildman–Crippen LogP) is 2.62. The molecule has 1 saturated heterocycles. The van der Waals surface area contributed by atoms with Crippen LogP contribution in [-0.2, 0) is 4.79 Å². The zero-order chi connectivity index (χ0) is 13.3. The summed E-state index contributed by atoms with van der Waals surface area (Å²) in [6.07, 6.45) is 0. The number of thioether (sulfide) groups is 1. The summed E-state index contributed by atoms with van der Waals surface area (Å²) in [6.45, 7) is 7.83. The van der Waals surface area contributed by atoms with Gasteiger partial charge < -0.3 is 10.0 Å². The number of rotatable bonds is 2. The highest BCUT2D eigenvalue weighted by molar-refractivity contribution is 8.00. The molecule has 0 aliphatic carbocycles. The highest BCUT2D eigenvalue weighted by Gasteiger charge is 2.27. The van der Waals surface area contributed by atoms with Gasteiger partial charge in [-0.2, -0.15) is 0 Å². The van der Waals surface area contributed by atoms with Gasteiger partial charge in [0.25, 0.3) is 0 Å². The first-order valence-corrected chi connectivity index (χ1v) is 7.21. The molecule has 1 aromatic rings. The van der Waals surface area contributed by atoms with E-state index in [0.29, 0.717) is 6.54 Å². The highest BCUT2D eigenvalue weighted by Crippen LogP contribution is 2.30. The van der Waals surface area contributed by atoms with Crippen molar-refractivity contribution in [1.29, 1.82) is 0 Å². The van der Waals surface area contributed by atoms with E-state index in [2.05, 4.69) is 37.8 Å². The van der Waals surface area contributed by atoms with Gasteiger partial charge >= 0.3 is 5.97 Å². The maximum absolute atomic E-state index is 11.1. The van der Waals surface area contributed by atoms with Gasteiger partial charge in [-0.3, -0.25) is 4.79 Å². The van der Waals surface area contributed by atoms with E-state index in [1.165, 1.54) is 22.4 Å². The Morgan fingerprint density at radius 3 is 2.50 bits per heavy atom. The number of aliphatic carboxylic acids is 1. The minimum absolute atomic E-state index is 0.307. The number of hydrogen-bond donors (Lipinski definition) is 1. The van der Waals surface area contributed by atoms with Crippen molar-refractivity contribution in [2.24, 2.45) is 0 Å². The van der Waals surface area contributed by atoms with Crippen LogP contribution in [0.4, 0.5) is 5.69 Å². The Hall–Kier alpha value is -1.16. The molecule has 3 nitrogen and oxygen atoms in total. The van der Waals surface area contributed by atoms with E-state index in [1.807, 2.05) is 0 Å². The summed E-state index contributed by atoms with van der Waals surface area (Å²) in [4.78, 5) is 13.3. The molecule has 1 aromatic carbocycles. The number of benzene rings is 1. The van der Waals surface area contributed by atoms with Gasteiger partial charge in [-0.15, -0.1) is 11.8 Å². The molecule has 1 aliphatic rings. The molecule has 18 heavy (non-hydrogen) atoms. The molecule has 0 radical (unpaired) electrons. The molecule has 0 saturated carbocycles. The molecule has 1 heterocycles. The lowest BCUT2D eigenvalue weighted by Gasteiger charge is -2.34. The fourth-order valence-corrected chi connectivity index (χ4v) is 3.71. The van der Waals surface area contributed by atoms with Gasteiger partial charge in [-0.1, -0.05) is 17.7 Å². The number of nitrogens with zero attached hydrogens (tertiary/aromatic N) is 1. The van der Waals surface area contributed by atoms with Crippen LogP contribution >= 0.6 is 11.8 Å². The monoisotopic (exact) mass is 265 g/mol. The molecule has 1 atom stereocenters. The molecule has 0 spiro atoms. The van der Waals surface area contributed by atoms with Crippen molar-refractivity contribution in [3.63, 3.8) is 0 Å². The number of aryl methyl sites for hydroxylation is 3. The first kappa shape index (κ1) is 13.3. The van der Waals surface area contributed by atoms with E-state index in [0.717, 1.165) is 12.3 Å². The molecule has 4 heteroatoms. The van der Waals surface area contributed by atoms with E-state index >= 15 is 0 Å². The normalized spacial score (nSPS) is 19.9. The summed E-state index contributed by atoms with van der Waals surface area (Å²) in [5, 5.41) is 8.83. The van der Waals surface area contributed by atoms with Crippen molar-refractivity contribution in [2.75, 3.05) is 23.7 Å². The Bertz CT molecular complexity index is 450. The second-order valence-corrected chi connectivity index (χ2v) is 6.20. The van der Waals surface area contributed by atoms with Crippen LogP contribution in [0.15, 0.2) is 12.1 Å². The zero-order valence-corrected chi connectivity index (χ0v) is 11.9. The lowest BCUT2D eigenvalue weighted by Crippen LogP contribution is -2.42. The van der Waals surface area contributed by atoms with Gasteiger partial charge in [0.1, 0.15) is 5.25 Å². The smallest absolute Gasteiger partial charge is 0.318 e. The van der Waals surface area contributed by atoms with Crippen LogP contribution in [0.2, 0.25) is 0 Å². The molecule has 1 unspecified atom stereocenters. The Labute approximate surface area is 112 Å². The minimum Gasteiger partial charge on any atom is -0.480 e. The number of carboxylic acid groups (broad SMARTS) is 1. The fraction of sp³-hybridized carbons (Fsp3) is 0.500. The summed E-state index contributed by atoms with van der Waals surface area (Å²) in [5.41, 5.74) is 4.95. The van der Waals surface area contributed by atoms with Crippen molar-refractivity contribution < 1.29 is 9.90 Å². The molecular weight excluding hydrogens is 246 g/mol. The van der Waals surface area contributed by atoms with Crippen LogP contribution in [0.25, 0.3) is 0 Å². The Balaban J connectivity index is 2.29. The van der Waals surface area contributed by atoms with E-state index in [9.17, 15) is 4.79 Å². The lowest BCUT2D eigenvalue weighted by molar-refractivity contribution is -0.136. The highest BCUT2D eigenvalue weighted by atomic mass is 32.2. The number of anilines is 1. The van der Waals surface area contributed by atoms with Crippen molar-refractivity contribution in [1.82, 2.24) is 0 Å². The van der Waals surface area contributed by atoms with Crippen molar-refractivity contribution >= 4 is 23.4 Å². The Morgan fingerprint density at radius 2 is 1.94 bits per heavy atom. The third kappa shape index (κ3) is 2.64. The van der Waals surface area contributed by atoms with Gasteiger partial charge in [0.05, 0.1) is 0 Å². The molecule has 0 aromatic heterocycles. The van der Waals surface area contributed by atoms with E-state index in [1.54, 1.807) is 11.8 Å². The maximum atomic E-state index is 11.1. The Morgan fingerprint density at radius 1 is 1.33 bits per heavy atom. The number of carboxylic acids is 1. The van der Waals surface area contributed by atoms with Crippen LogP contribution in [0, 0.1) is 20.8 Å². The van der Waals surface area contributed by atoms with Crippen molar-refractivity contribution in [2.45, 2.75) is 26.0 Å². The molecule has 98 valence electrons. The standard InChI is InChI=1S/C14H19NO2S/c1-9-6-10(2)13(11(3)7-9)15-4-5-18-12(8-15)14(16)17/h6-7,12H,4-5,8H2,1-3H3,(H,16,17). The van der Waals surface area contributed by atoms with Gasteiger partial charge in [0.15, 0.2) is 0 Å². The second-order valence-electron chi connectivity index (χ2n) is 4.89. The van der Waals surface area contributed by atoms with E-state index in [-0.39, 0.29) is 5.25 Å².